The Hall–Kier alpha value is -7.67. The van der Waals surface area contributed by atoms with Gasteiger partial charge in [-0.25, -0.2) is 17.6 Å². The second-order valence-electron chi connectivity index (χ2n) is 32.2. The molecule has 8 aromatic carbocycles. The lowest BCUT2D eigenvalue weighted by Gasteiger charge is -2.20. The normalized spacial score (nSPS) is 11.2. The van der Waals surface area contributed by atoms with Gasteiger partial charge in [0.1, 0.15) is 72.7 Å². The molecular weight excluding hydrogens is 1360 g/mol. The minimum atomic E-state index is -0.445. The highest BCUT2D eigenvalue weighted by molar-refractivity contribution is 6.33. The van der Waals surface area contributed by atoms with Crippen molar-refractivity contribution in [2.24, 2.45) is 0 Å². The van der Waals surface area contributed by atoms with Gasteiger partial charge in [-0.3, -0.25) is 4.79 Å². The molecule has 0 radical (unpaired) electrons. The van der Waals surface area contributed by atoms with Gasteiger partial charge in [-0.05, 0) is 198 Å². The van der Waals surface area contributed by atoms with Crippen molar-refractivity contribution in [3.05, 3.63) is 241 Å². The molecule has 0 saturated heterocycles. The van der Waals surface area contributed by atoms with Gasteiger partial charge in [0.2, 0.25) is 5.91 Å². The van der Waals surface area contributed by atoms with E-state index in [4.69, 9.17) is 51.6 Å². The summed E-state index contributed by atoms with van der Waals surface area (Å²) in [7, 11) is 6.59. The molecule has 0 saturated carbocycles. The van der Waals surface area contributed by atoms with Gasteiger partial charge in [0.05, 0.1) is 33.5 Å². The van der Waals surface area contributed by atoms with Crippen LogP contribution < -0.4 is 33.7 Å². The van der Waals surface area contributed by atoms with Crippen molar-refractivity contribution < 1.29 is 50.8 Å². The molecule has 580 valence electrons. The number of rotatable bonds is 14. The van der Waals surface area contributed by atoms with E-state index in [1.165, 1.54) is 29.2 Å². The average molecular weight is 1490 g/mol. The number of nitrogens with one attached hydrogen (secondary N) is 1. The predicted octanol–water partition coefficient (Wildman–Crippen LogP) is 26.7. The second-order valence-corrected chi connectivity index (χ2v) is 33.1. The zero-order valence-corrected chi connectivity index (χ0v) is 70.4. The Morgan fingerprint density at radius 2 is 0.876 bits per heavy atom. The molecule has 0 spiro atoms. The number of anilines is 1. The van der Waals surface area contributed by atoms with Crippen molar-refractivity contribution in [3.8, 4) is 34.5 Å². The minimum Gasteiger partial charge on any atom is -0.497 e. The fourth-order valence-corrected chi connectivity index (χ4v) is 10.4. The zero-order valence-electron chi connectivity index (χ0n) is 68.9. The summed E-state index contributed by atoms with van der Waals surface area (Å²) in [6, 6.07) is 52.2. The molecule has 8 aromatic rings. The Kier molecular flexibility index (Phi) is 40.9. The van der Waals surface area contributed by atoms with E-state index in [1.54, 1.807) is 40.6 Å². The largest absolute Gasteiger partial charge is 0.497 e. The topological polar surface area (TPSA) is 84.5 Å². The van der Waals surface area contributed by atoms with E-state index in [0.717, 1.165) is 90.0 Å². The number of hydrogen-bond donors (Lipinski definition) is 1. The number of benzene rings is 8. The summed E-state index contributed by atoms with van der Waals surface area (Å²) in [4.78, 5) is 10.9. The van der Waals surface area contributed by atoms with Crippen LogP contribution in [0, 0.1) is 18.6 Å². The van der Waals surface area contributed by atoms with E-state index in [1.807, 2.05) is 183 Å². The summed E-state index contributed by atoms with van der Waals surface area (Å²) >= 11 is 12.0. The summed E-state index contributed by atoms with van der Waals surface area (Å²) in [6.07, 6.45) is 0.890. The number of hydrogen-bond acceptors (Lipinski definition) is 7. The Morgan fingerprint density at radius 1 is 0.438 bits per heavy atom. The van der Waals surface area contributed by atoms with Crippen LogP contribution >= 0.6 is 23.2 Å². The quantitative estimate of drug-likeness (QED) is 0.109. The third kappa shape index (κ3) is 36.9. The first-order valence-corrected chi connectivity index (χ1v) is 36.8. The SMILES string of the molecule is CC(C)(C)c1cccc(OCCF)c1.CC(C)(C)c1cccc(OCC[18F])c1.CCc1ccc(C(C)(C)C)c(F)c1.COc1cc(Cl)cc(C(C)(C)C)c1.COc1cc(NC(C)=O)cc(C(C)C)c1.COc1ccc(C(C)(C)C)cc1.COc1cccc(C(C)C)c1Cl.Cc1ccc(C(C)(C)C)c(F)c1. The highest BCUT2D eigenvalue weighted by atomic mass is 35.5. The van der Waals surface area contributed by atoms with Crippen molar-refractivity contribution in [3.63, 3.8) is 0 Å². The van der Waals surface area contributed by atoms with E-state index in [2.05, 4.69) is 140 Å². The van der Waals surface area contributed by atoms with Crippen molar-refractivity contribution in [2.75, 3.05) is 60.3 Å². The molecule has 0 aliphatic rings. The van der Waals surface area contributed by atoms with Crippen molar-refractivity contribution in [1.82, 2.24) is 0 Å². The first-order chi connectivity index (χ1) is 48.6. The number of carbonyl (C=O) groups excluding carboxylic acids is 1. The number of methoxy groups -OCH3 is 4. The molecule has 0 unspecified atom stereocenters. The number of amides is 1. The van der Waals surface area contributed by atoms with E-state index in [-0.39, 0.29) is 63.2 Å². The Bertz CT molecular complexity index is 3770. The number of carbonyl (C=O) groups is 1. The maximum atomic E-state index is 13.5. The lowest BCUT2D eigenvalue weighted by molar-refractivity contribution is -0.114. The third-order valence-corrected chi connectivity index (χ3v) is 16.8. The lowest BCUT2D eigenvalue weighted by atomic mass is 9.86. The highest BCUT2D eigenvalue weighted by Crippen LogP contribution is 2.35. The van der Waals surface area contributed by atoms with E-state index >= 15 is 0 Å². The van der Waals surface area contributed by atoms with Gasteiger partial charge in [0, 0.05) is 23.7 Å². The summed E-state index contributed by atoms with van der Waals surface area (Å²) in [5.41, 5.74) is 12.0. The number of alkyl halides is 2. The van der Waals surface area contributed by atoms with Gasteiger partial charge < -0.3 is 33.7 Å². The summed E-state index contributed by atoms with van der Waals surface area (Å²) in [6.45, 7) is 51.3. The third-order valence-electron chi connectivity index (χ3n) is 16.2. The van der Waals surface area contributed by atoms with Gasteiger partial charge in [-0.15, -0.1) is 0 Å². The fraction of sp³-hybridized carbons (Fsp3) is 0.462. The van der Waals surface area contributed by atoms with Crippen LogP contribution in [0.2, 0.25) is 10.0 Å². The summed E-state index contributed by atoms with van der Waals surface area (Å²) < 4.78 is 81.6. The molecular formula is C91H127Cl2F4NO7. The molecule has 105 heavy (non-hydrogen) atoms. The molecule has 0 aliphatic carbocycles. The fourth-order valence-electron chi connectivity index (χ4n) is 9.72. The average Bonchev–Trinajstić information content (AvgIpc) is 0.841. The van der Waals surface area contributed by atoms with Crippen molar-refractivity contribution in [1.29, 1.82) is 0 Å². The smallest absolute Gasteiger partial charge is 0.221 e. The molecule has 0 bridgehead atoms. The molecule has 14 heteroatoms. The molecule has 1 amide bonds. The summed E-state index contributed by atoms with van der Waals surface area (Å²) in [5, 5.41) is 4.21. The lowest BCUT2D eigenvalue weighted by Crippen LogP contribution is -2.13. The van der Waals surface area contributed by atoms with Gasteiger partial charge >= 0.3 is 0 Å². The van der Waals surface area contributed by atoms with Crippen LogP contribution in [0.4, 0.5) is 23.2 Å². The number of ether oxygens (including phenoxy) is 6. The van der Waals surface area contributed by atoms with Crippen LogP contribution in [0.15, 0.2) is 164 Å². The molecule has 8 nitrogen and oxygen atoms in total. The van der Waals surface area contributed by atoms with Gasteiger partial charge in [-0.2, -0.15) is 0 Å². The molecule has 8 rings (SSSR count). The van der Waals surface area contributed by atoms with E-state index in [9.17, 15) is 22.4 Å². The van der Waals surface area contributed by atoms with Crippen LogP contribution in [-0.2, 0) is 43.7 Å². The molecule has 0 aliphatic heterocycles. The van der Waals surface area contributed by atoms with E-state index in [0.29, 0.717) is 11.8 Å². The van der Waals surface area contributed by atoms with Gasteiger partial charge in [-0.1, -0.05) is 255 Å². The van der Waals surface area contributed by atoms with Crippen molar-refractivity contribution >= 4 is 34.8 Å². The van der Waals surface area contributed by atoms with Gasteiger partial charge in [0.25, 0.3) is 0 Å². The van der Waals surface area contributed by atoms with Crippen LogP contribution in [0.25, 0.3) is 0 Å². The van der Waals surface area contributed by atoms with Gasteiger partial charge in [0.15, 0.2) is 0 Å². The Balaban J connectivity index is 0.000000601. The molecule has 0 atom stereocenters. The molecule has 0 aromatic heterocycles. The maximum absolute atomic E-state index is 13.5. The van der Waals surface area contributed by atoms with Crippen LogP contribution in [0.5, 0.6) is 34.5 Å². The van der Waals surface area contributed by atoms with Crippen LogP contribution in [-0.4, -0.2) is 60.9 Å². The second kappa shape index (κ2) is 45.1. The first kappa shape index (κ1) is 95.3. The summed E-state index contributed by atoms with van der Waals surface area (Å²) in [5.74, 6) is 5.35. The van der Waals surface area contributed by atoms with Crippen LogP contribution in [0.1, 0.15) is 234 Å². The number of halogens is 6. The molecule has 1 N–H and O–H groups in total. The van der Waals surface area contributed by atoms with Crippen LogP contribution in [0.3, 0.4) is 0 Å². The number of aryl methyl sites for hydroxylation is 2. The maximum Gasteiger partial charge on any atom is 0.221 e. The minimum absolute atomic E-state index is 0.0713. The Morgan fingerprint density at radius 3 is 1.26 bits per heavy atom. The molecule has 0 heterocycles. The molecule has 0 fully saturated rings. The standard InChI is InChI=1S/2C12H17FO.C12H17F.C12H17NO2.C11H15ClO.C11H15F.C11H16O.C10H13ClO/c2*1-12(2,3)10-5-4-6-11(9-10)14-8-7-13;1-5-9-6-7-10(11(13)8-9)12(2,3)4;1-8(2)10-5-11(13-9(3)14)7-12(6-10)15-4;1-11(2,3)8-5-9(12)7-10(6-8)13-4;1-8-5-6-9(10(12)7-8)11(2,3)4;1-11(2,3)9-5-7-10(12-4)8-6-9;1-7(2)8-5-4-6-9(12-3)10(8)11/h2*4-6,9H,7-8H2,1-3H3;6-8H,5H2,1-4H3;5-8H,1-4H3,(H,13,14);5-7H,1-4H3;5-7H,1-4H3;5-8H,1-4H3;4-7H,1-3H3/i13-1;;;;;;;. The zero-order chi connectivity index (χ0) is 80.4. The van der Waals surface area contributed by atoms with E-state index < -0.39 is 13.3 Å². The van der Waals surface area contributed by atoms with Crippen molar-refractivity contribution in [2.45, 2.75) is 224 Å². The Labute approximate surface area is 641 Å². The first-order valence-electron chi connectivity index (χ1n) is 36.0. The monoisotopic (exact) mass is 1490 g/mol. The predicted molar refractivity (Wildman–Crippen MR) is 439 cm³/mol. The highest BCUT2D eigenvalue weighted by Gasteiger charge is 2.21.